The highest BCUT2D eigenvalue weighted by Gasteiger charge is 2.44. The van der Waals surface area contributed by atoms with Crippen LogP contribution in [0, 0.1) is 0 Å². The van der Waals surface area contributed by atoms with Crippen molar-refractivity contribution < 1.29 is 36.6 Å². The first kappa shape index (κ1) is 27.3. The topological polar surface area (TPSA) is 66.8 Å². The summed E-state index contributed by atoms with van der Waals surface area (Å²) in [6.45, 7) is -0.111. The number of hydrogen-bond donors (Lipinski definition) is 0. The van der Waals surface area contributed by atoms with E-state index in [4.69, 9.17) is 27.9 Å². The second-order valence-corrected chi connectivity index (χ2v) is 8.22. The molecule has 0 atom stereocenters. The molecule has 36 heavy (non-hydrogen) atoms. The van der Waals surface area contributed by atoms with Gasteiger partial charge in [-0.2, -0.15) is 17.6 Å². The molecular weight excluding hydrogens is 529 g/mol. The quantitative estimate of drug-likeness (QED) is 0.230. The van der Waals surface area contributed by atoms with Gasteiger partial charge in [0.25, 0.3) is 5.56 Å². The van der Waals surface area contributed by atoms with Gasteiger partial charge in [-0.1, -0.05) is 41.4 Å². The number of methoxy groups -OCH3 is 1. The third-order valence-corrected chi connectivity index (χ3v) is 5.59. The van der Waals surface area contributed by atoms with Gasteiger partial charge in [-0.05, 0) is 42.3 Å². The average molecular weight is 548 g/mol. The van der Waals surface area contributed by atoms with Gasteiger partial charge in [0, 0.05) is 12.6 Å². The number of rotatable bonds is 10. The molecule has 0 radical (unpaired) electrons. The first-order chi connectivity index (χ1) is 17.0. The monoisotopic (exact) mass is 547 g/mol. The molecule has 0 aliphatic carbocycles. The molecule has 0 bridgehead atoms. The Labute approximate surface area is 212 Å². The summed E-state index contributed by atoms with van der Waals surface area (Å²) in [6.07, 6.45) is -8.31. The summed E-state index contributed by atoms with van der Waals surface area (Å²) < 4.78 is 66.8. The molecule has 0 unspecified atom stereocenters. The van der Waals surface area contributed by atoms with Gasteiger partial charge in [-0.15, -0.1) is 0 Å². The van der Waals surface area contributed by atoms with Crippen LogP contribution in [0.25, 0.3) is 0 Å². The fourth-order valence-corrected chi connectivity index (χ4v) is 3.70. The van der Waals surface area contributed by atoms with Crippen LogP contribution in [0.3, 0.4) is 0 Å². The van der Waals surface area contributed by atoms with Crippen molar-refractivity contribution in [2.75, 3.05) is 7.11 Å². The van der Waals surface area contributed by atoms with E-state index in [9.17, 15) is 27.2 Å². The van der Waals surface area contributed by atoms with E-state index in [2.05, 4.69) is 9.47 Å². The highest BCUT2D eigenvalue weighted by Crippen LogP contribution is 2.30. The van der Waals surface area contributed by atoms with Crippen molar-refractivity contribution in [1.82, 2.24) is 4.57 Å². The van der Waals surface area contributed by atoms with Crippen LogP contribution in [-0.4, -0.2) is 30.2 Å². The Hall–Kier alpha value is -3.24. The molecule has 192 valence electrons. The number of benzene rings is 2. The van der Waals surface area contributed by atoms with Gasteiger partial charge in [0.15, 0.2) is 0 Å². The number of nitrogens with zero attached hydrogens (tertiary/aromatic N) is 1. The Morgan fingerprint density at radius 3 is 2.33 bits per heavy atom. The number of carbonyl (C=O) groups excluding carboxylic acids is 1. The molecule has 0 saturated heterocycles. The van der Waals surface area contributed by atoms with Crippen LogP contribution in [0.2, 0.25) is 10.0 Å². The lowest BCUT2D eigenvalue weighted by Gasteiger charge is -2.18. The van der Waals surface area contributed by atoms with Crippen LogP contribution in [0.4, 0.5) is 17.6 Å². The second-order valence-electron chi connectivity index (χ2n) is 7.41. The lowest BCUT2D eigenvalue weighted by molar-refractivity contribution is -0.253. The number of pyridine rings is 1. The summed E-state index contributed by atoms with van der Waals surface area (Å²) in [7, 11) is 1.27. The second kappa shape index (κ2) is 11.7. The molecule has 0 spiro atoms. The number of hydrogen-bond acceptors (Lipinski definition) is 5. The SMILES string of the molecule is COC(=O)c1ccc(CCn2c(COc3cccc(OC(F)(F)C(F)F)c3)c(Cl)cc(Cl)c2=O)cc1. The minimum atomic E-state index is -4.67. The number of aromatic nitrogens is 1. The molecule has 2 aromatic carbocycles. The van der Waals surface area contributed by atoms with E-state index in [0.29, 0.717) is 12.0 Å². The molecule has 1 aromatic heterocycles. The Morgan fingerprint density at radius 2 is 1.69 bits per heavy atom. The zero-order chi connectivity index (χ0) is 26.5. The lowest BCUT2D eigenvalue weighted by atomic mass is 10.1. The third kappa shape index (κ3) is 6.70. The van der Waals surface area contributed by atoms with E-state index >= 15 is 0 Å². The van der Waals surface area contributed by atoms with Gasteiger partial charge in [0.2, 0.25) is 0 Å². The smallest absolute Gasteiger partial charge is 0.461 e. The van der Waals surface area contributed by atoms with Crippen molar-refractivity contribution in [3.8, 4) is 11.5 Å². The zero-order valence-electron chi connectivity index (χ0n) is 18.7. The fourth-order valence-electron chi connectivity index (χ4n) is 3.17. The average Bonchev–Trinajstić information content (AvgIpc) is 2.84. The van der Waals surface area contributed by atoms with Crippen molar-refractivity contribution in [2.45, 2.75) is 32.1 Å². The van der Waals surface area contributed by atoms with Crippen molar-refractivity contribution in [2.24, 2.45) is 0 Å². The van der Waals surface area contributed by atoms with Crippen LogP contribution >= 0.6 is 23.2 Å². The molecule has 3 rings (SSSR count). The molecule has 0 aliphatic rings. The molecule has 3 aromatic rings. The predicted octanol–water partition coefficient (Wildman–Crippen LogP) is 6.00. The third-order valence-electron chi connectivity index (χ3n) is 4.99. The molecule has 12 heteroatoms. The molecule has 0 fully saturated rings. The minimum absolute atomic E-state index is 0.0148. The highest BCUT2D eigenvalue weighted by atomic mass is 35.5. The van der Waals surface area contributed by atoms with E-state index in [1.54, 1.807) is 24.3 Å². The summed E-state index contributed by atoms with van der Waals surface area (Å²) >= 11 is 12.3. The van der Waals surface area contributed by atoms with E-state index in [-0.39, 0.29) is 34.6 Å². The number of aryl methyl sites for hydroxylation is 1. The van der Waals surface area contributed by atoms with Crippen molar-refractivity contribution >= 4 is 29.2 Å². The largest absolute Gasteiger partial charge is 0.487 e. The van der Waals surface area contributed by atoms with Gasteiger partial charge in [-0.3, -0.25) is 4.79 Å². The number of alkyl halides is 4. The standard InChI is InChI=1S/C24H19Cl2F4NO5/c1-34-22(33)15-7-5-14(6-8-15)9-10-31-20(18(25)12-19(26)21(31)32)13-35-16-3-2-4-17(11-16)36-24(29,30)23(27)28/h2-8,11-12,23H,9-10,13H2,1H3. The molecule has 0 N–H and O–H groups in total. The van der Waals surface area contributed by atoms with Gasteiger partial charge in [-0.25, -0.2) is 4.79 Å². The van der Waals surface area contributed by atoms with Crippen LogP contribution in [0.5, 0.6) is 11.5 Å². The number of esters is 1. The Bertz CT molecular complexity index is 1280. The fraction of sp³-hybridized carbons (Fsp3) is 0.250. The highest BCUT2D eigenvalue weighted by molar-refractivity contribution is 6.34. The maximum Gasteiger partial charge on any atom is 0.461 e. The lowest BCUT2D eigenvalue weighted by Crippen LogP contribution is -2.33. The summed E-state index contributed by atoms with van der Waals surface area (Å²) in [6, 6.07) is 12.6. The van der Waals surface area contributed by atoms with E-state index < -0.39 is 29.8 Å². The summed E-state index contributed by atoms with van der Waals surface area (Å²) in [4.78, 5) is 24.3. The zero-order valence-corrected chi connectivity index (χ0v) is 20.2. The molecule has 0 aliphatic heterocycles. The van der Waals surface area contributed by atoms with Gasteiger partial charge < -0.3 is 18.8 Å². The first-order valence-corrected chi connectivity index (χ1v) is 11.1. The summed E-state index contributed by atoms with van der Waals surface area (Å²) in [5.41, 5.74) is 0.902. The number of carbonyl (C=O) groups is 1. The number of halogens is 6. The van der Waals surface area contributed by atoms with E-state index in [1.165, 1.54) is 29.9 Å². The minimum Gasteiger partial charge on any atom is -0.487 e. The molecule has 0 amide bonds. The van der Waals surface area contributed by atoms with Crippen LogP contribution in [0.1, 0.15) is 21.6 Å². The molecule has 6 nitrogen and oxygen atoms in total. The summed E-state index contributed by atoms with van der Waals surface area (Å²) in [5, 5.41) is 0.00620. The predicted molar refractivity (Wildman–Crippen MR) is 125 cm³/mol. The van der Waals surface area contributed by atoms with Crippen LogP contribution in [0.15, 0.2) is 59.4 Å². The Morgan fingerprint density at radius 1 is 1.03 bits per heavy atom. The molecule has 0 saturated carbocycles. The van der Waals surface area contributed by atoms with Crippen LogP contribution < -0.4 is 15.0 Å². The van der Waals surface area contributed by atoms with Crippen molar-refractivity contribution in [3.63, 3.8) is 0 Å². The van der Waals surface area contributed by atoms with Gasteiger partial charge in [0.1, 0.15) is 23.1 Å². The normalized spacial score (nSPS) is 11.4. The van der Waals surface area contributed by atoms with Crippen molar-refractivity contribution in [3.05, 3.63) is 91.8 Å². The first-order valence-electron chi connectivity index (χ1n) is 10.3. The van der Waals surface area contributed by atoms with E-state index in [1.807, 2.05) is 0 Å². The van der Waals surface area contributed by atoms with Crippen LogP contribution in [-0.2, 0) is 24.3 Å². The number of ether oxygens (including phenoxy) is 3. The maximum absolute atomic E-state index is 13.2. The van der Waals surface area contributed by atoms with E-state index in [0.717, 1.165) is 17.7 Å². The Kier molecular flexibility index (Phi) is 8.86. The summed E-state index contributed by atoms with van der Waals surface area (Å²) in [5.74, 6) is -1.00. The Balaban J connectivity index is 1.78. The van der Waals surface area contributed by atoms with Gasteiger partial charge in [0.05, 0.1) is 23.4 Å². The molecule has 1 heterocycles. The van der Waals surface area contributed by atoms with Crippen molar-refractivity contribution in [1.29, 1.82) is 0 Å². The maximum atomic E-state index is 13.2. The molecular formula is C24H19Cl2F4NO5. The van der Waals surface area contributed by atoms with Gasteiger partial charge >= 0.3 is 18.5 Å².